The molecule has 0 aromatic heterocycles. The lowest BCUT2D eigenvalue weighted by molar-refractivity contribution is 0.394. The minimum Gasteiger partial charge on any atom is -0.382 e. The molecule has 4 unspecified atom stereocenters. The van der Waals surface area contributed by atoms with Gasteiger partial charge in [0.25, 0.3) is 6.71 Å². The van der Waals surface area contributed by atoms with Crippen LogP contribution in [0.5, 0.6) is 0 Å². The molecule has 3 fully saturated rings. The van der Waals surface area contributed by atoms with Crippen molar-refractivity contribution in [2.45, 2.75) is 31.0 Å². The van der Waals surface area contributed by atoms with Gasteiger partial charge < -0.3 is 14.2 Å². The lowest BCUT2D eigenvalue weighted by Crippen LogP contribution is -2.36. The van der Waals surface area contributed by atoms with E-state index in [1.165, 1.54) is 0 Å². The van der Waals surface area contributed by atoms with Gasteiger partial charge in [0, 0.05) is 0 Å². The van der Waals surface area contributed by atoms with Gasteiger partial charge >= 0.3 is 0 Å². The second-order valence-corrected chi connectivity index (χ2v) is 3.63. The molecule has 0 saturated carbocycles. The minimum atomic E-state index is 0.426. The molecule has 0 aromatic rings. The molecule has 0 aromatic carbocycles. The zero-order valence-electron chi connectivity index (χ0n) is 6.53. The maximum atomic E-state index is 5.42. The molecule has 3 aliphatic heterocycles. The number of hydrogen-bond acceptors (Lipinski definition) is 3. The fourth-order valence-corrected chi connectivity index (χ4v) is 1.82. The molecule has 0 aliphatic carbocycles. The van der Waals surface area contributed by atoms with Crippen molar-refractivity contribution in [3.63, 3.8) is 0 Å². The molecule has 0 spiro atoms. The van der Waals surface area contributed by atoms with Crippen LogP contribution >= 0.6 is 0 Å². The van der Waals surface area contributed by atoms with Crippen molar-refractivity contribution in [2.75, 3.05) is 13.2 Å². The number of ether oxygens (including phenoxy) is 3. The highest BCUT2D eigenvalue weighted by molar-refractivity contribution is 6.65. The molecule has 3 saturated heterocycles. The Bertz CT molecular complexity index is 167. The summed E-state index contributed by atoms with van der Waals surface area (Å²) in [7, 11) is 0. The highest BCUT2D eigenvalue weighted by Gasteiger charge is 2.59. The summed E-state index contributed by atoms with van der Waals surface area (Å²) in [4.78, 5) is 0. The van der Waals surface area contributed by atoms with Gasteiger partial charge in [-0.15, -0.1) is 0 Å². The zero-order valence-corrected chi connectivity index (χ0v) is 6.53. The standard InChI is InChI=1S/C7H11BO3/c1-4-7(11-4)8(5-2-9-5)6-3-10-6/h4-7H,2-3H2,1H3. The van der Waals surface area contributed by atoms with E-state index in [9.17, 15) is 0 Å². The predicted octanol–water partition coefficient (Wildman–Crippen LogP) is -0.316. The molecule has 0 bridgehead atoms. The third kappa shape index (κ3) is 1.09. The minimum absolute atomic E-state index is 0.426. The highest BCUT2D eigenvalue weighted by Crippen LogP contribution is 2.35. The Balaban J connectivity index is 1.68. The van der Waals surface area contributed by atoms with E-state index in [1.807, 2.05) is 0 Å². The Labute approximate surface area is 66.1 Å². The first-order chi connectivity index (χ1) is 5.36. The molecule has 0 amide bonds. The van der Waals surface area contributed by atoms with Crippen LogP contribution in [0.25, 0.3) is 0 Å². The molecule has 3 aliphatic rings. The van der Waals surface area contributed by atoms with E-state index in [0.717, 1.165) is 13.2 Å². The molecule has 3 rings (SSSR count). The van der Waals surface area contributed by atoms with Gasteiger partial charge in [0.2, 0.25) is 0 Å². The Kier molecular flexibility index (Phi) is 1.17. The van der Waals surface area contributed by atoms with Crippen LogP contribution in [-0.2, 0) is 14.2 Å². The summed E-state index contributed by atoms with van der Waals surface area (Å²) in [6.45, 7) is 4.47. The van der Waals surface area contributed by atoms with E-state index >= 15 is 0 Å². The van der Waals surface area contributed by atoms with Crippen LogP contribution in [-0.4, -0.2) is 44.0 Å². The lowest BCUT2D eigenvalue weighted by atomic mass is 9.41. The SMILES string of the molecule is CC1OC1B(C1CO1)C1CO1. The molecular weight excluding hydrogens is 143 g/mol. The van der Waals surface area contributed by atoms with Gasteiger partial charge in [0.1, 0.15) is 0 Å². The van der Waals surface area contributed by atoms with Crippen molar-refractivity contribution in [3.8, 4) is 0 Å². The Hall–Kier alpha value is -0.0551. The molecule has 0 radical (unpaired) electrons. The normalized spacial score (nSPS) is 52.1. The van der Waals surface area contributed by atoms with E-state index in [2.05, 4.69) is 6.92 Å². The summed E-state index contributed by atoms with van der Waals surface area (Å²) >= 11 is 0. The van der Waals surface area contributed by atoms with Crippen molar-refractivity contribution in [2.24, 2.45) is 0 Å². The second kappa shape index (κ2) is 2.00. The van der Waals surface area contributed by atoms with E-state index < -0.39 is 0 Å². The third-order valence-electron chi connectivity index (χ3n) is 2.71. The van der Waals surface area contributed by atoms with E-state index in [4.69, 9.17) is 14.2 Å². The summed E-state index contributed by atoms with van der Waals surface area (Å²) in [6, 6.07) is 1.31. The van der Waals surface area contributed by atoms with Gasteiger partial charge in [-0.1, -0.05) is 0 Å². The maximum Gasteiger partial charge on any atom is 0.252 e. The van der Waals surface area contributed by atoms with Crippen molar-refractivity contribution < 1.29 is 14.2 Å². The van der Waals surface area contributed by atoms with Crippen molar-refractivity contribution >= 4 is 6.71 Å². The van der Waals surface area contributed by atoms with Crippen molar-refractivity contribution in [3.05, 3.63) is 0 Å². The fraction of sp³-hybridized carbons (Fsp3) is 1.00. The number of epoxide rings is 3. The summed E-state index contributed by atoms with van der Waals surface area (Å²) < 4.78 is 15.9. The van der Waals surface area contributed by atoms with Gasteiger partial charge in [-0.3, -0.25) is 0 Å². The smallest absolute Gasteiger partial charge is 0.252 e. The molecule has 0 N–H and O–H groups in total. The van der Waals surface area contributed by atoms with Gasteiger partial charge in [-0.05, 0) is 6.92 Å². The van der Waals surface area contributed by atoms with E-state index in [-0.39, 0.29) is 0 Å². The van der Waals surface area contributed by atoms with Crippen LogP contribution in [0.15, 0.2) is 0 Å². The first-order valence-electron chi connectivity index (χ1n) is 4.25. The van der Waals surface area contributed by atoms with E-state index in [1.54, 1.807) is 0 Å². The maximum absolute atomic E-state index is 5.42. The highest BCUT2D eigenvalue weighted by atomic mass is 16.6. The first-order valence-corrected chi connectivity index (χ1v) is 4.25. The van der Waals surface area contributed by atoms with Gasteiger partial charge in [0.05, 0.1) is 37.3 Å². The van der Waals surface area contributed by atoms with Gasteiger partial charge in [0.15, 0.2) is 0 Å². The summed E-state index contributed by atoms with van der Waals surface area (Å²) in [5, 5.41) is 0. The lowest BCUT2D eigenvalue weighted by Gasteiger charge is -2.00. The average Bonchev–Trinajstić information content (AvgIpc) is 2.72. The van der Waals surface area contributed by atoms with Crippen molar-refractivity contribution in [1.29, 1.82) is 0 Å². The zero-order chi connectivity index (χ0) is 7.42. The van der Waals surface area contributed by atoms with Crippen molar-refractivity contribution in [1.82, 2.24) is 0 Å². The van der Waals surface area contributed by atoms with Crippen LogP contribution in [0, 0.1) is 0 Å². The van der Waals surface area contributed by atoms with Crippen LogP contribution < -0.4 is 0 Å². The Morgan fingerprint density at radius 2 is 1.64 bits per heavy atom. The Morgan fingerprint density at radius 3 is 1.91 bits per heavy atom. The fourth-order valence-electron chi connectivity index (χ4n) is 1.82. The topological polar surface area (TPSA) is 37.6 Å². The van der Waals surface area contributed by atoms with Crippen LogP contribution in [0.4, 0.5) is 0 Å². The molecule has 4 heteroatoms. The molecule has 60 valence electrons. The Morgan fingerprint density at radius 1 is 1.18 bits per heavy atom. The molecule has 3 heterocycles. The molecule has 11 heavy (non-hydrogen) atoms. The average molecular weight is 154 g/mol. The number of rotatable bonds is 3. The summed E-state index contributed by atoms with van der Waals surface area (Å²) in [5.41, 5.74) is 0. The van der Waals surface area contributed by atoms with Crippen LogP contribution in [0.1, 0.15) is 6.92 Å². The molecular formula is C7H11BO3. The largest absolute Gasteiger partial charge is 0.382 e. The first kappa shape index (κ1) is 6.46. The quantitative estimate of drug-likeness (QED) is 0.413. The molecule has 3 nitrogen and oxygen atoms in total. The molecule has 4 atom stereocenters. The predicted molar refractivity (Wildman–Crippen MR) is 39.6 cm³/mol. The van der Waals surface area contributed by atoms with Crippen LogP contribution in [0.3, 0.4) is 0 Å². The number of hydrogen-bond donors (Lipinski definition) is 0. The monoisotopic (exact) mass is 154 g/mol. The van der Waals surface area contributed by atoms with Crippen LogP contribution in [0.2, 0.25) is 0 Å². The van der Waals surface area contributed by atoms with Gasteiger partial charge in [-0.2, -0.15) is 0 Å². The van der Waals surface area contributed by atoms with Gasteiger partial charge in [-0.25, -0.2) is 0 Å². The third-order valence-corrected chi connectivity index (χ3v) is 2.71. The van der Waals surface area contributed by atoms with E-state index in [0.29, 0.717) is 30.8 Å². The summed E-state index contributed by atoms with van der Waals surface area (Å²) in [6.07, 6.45) is 0.438. The summed E-state index contributed by atoms with van der Waals surface area (Å²) in [5.74, 6) is 0. The second-order valence-electron chi connectivity index (χ2n) is 3.63.